The van der Waals surface area contributed by atoms with Crippen molar-refractivity contribution in [1.29, 1.82) is 0 Å². The smallest absolute Gasteiger partial charge is 0.160 e. The standard InChI is InChI=1S/C16H14N4.H3N/c1-11-5-6-12(17)10-13(11)16-19-9-7-15(20-16)14-4-2-3-8-18-14;/h2-10H,17H2,1H3;1H3. The van der Waals surface area contributed by atoms with E-state index in [4.69, 9.17) is 5.73 Å². The van der Waals surface area contributed by atoms with E-state index in [1.165, 1.54) is 0 Å². The molecule has 0 bridgehead atoms. The van der Waals surface area contributed by atoms with Crippen molar-refractivity contribution in [2.75, 3.05) is 5.73 Å². The molecule has 3 aromatic rings. The summed E-state index contributed by atoms with van der Waals surface area (Å²) in [5, 5.41) is 0. The summed E-state index contributed by atoms with van der Waals surface area (Å²) in [7, 11) is 0. The van der Waals surface area contributed by atoms with E-state index in [1.54, 1.807) is 12.4 Å². The molecule has 1 aromatic carbocycles. The largest absolute Gasteiger partial charge is 0.399 e. The van der Waals surface area contributed by atoms with Gasteiger partial charge in [0.05, 0.1) is 11.4 Å². The van der Waals surface area contributed by atoms with E-state index < -0.39 is 0 Å². The van der Waals surface area contributed by atoms with Crippen molar-refractivity contribution in [3.05, 3.63) is 60.4 Å². The van der Waals surface area contributed by atoms with Crippen LogP contribution < -0.4 is 11.9 Å². The van der Waals surface area contributed by atoms with Crippen molar-refractivity contribution in [1.82, 2.24) is 21.1 Å². The Hall–Kier alpha value is -2.79. The van der Waals surface area contributed by atoms with E-state index in [0.29, 0.717) is 11.5 Å². The minimum absolute atomic E-state index is 0. The molecule has 0 aliphatic carbocycles. The Morgan fingerprint density at radius 3 is 2.52 bits per heavy atom. The first-order valence-electron chi connectivity index (χ1n) is 6.35. The normalized spacial score (nSPS) is 9.95. The molecule has 5 nitrogen and oxygen atoms in total. The summed E-state index contributed by atoms with van der Waals surface area (Å²) >= 11 is 0. The molecular weight excluding hydrogens is 262 g/mol. The van der Waals surface area contributed by atoms with Crippen LogP contribution in [0.15, 0.2) is 54.9 Å². The Balaban J connectivity index is 0.00000161. The summed E-state index contributed by atoms with van der Waals surface area (Å²) in [5.41, 5.74) is 10.2. The summed E-state index contributed by atoms with van der Waals surface area (Å²) in [6.07, 6.45) is 3.50. The van der Waals surface area contributed by atoms with Crippen LogP contribution in [0.1, 0.15) is 5.56 Å². The van der Waals surface area contributed by atoms with E-state index in [-0.39, 0.29) is 6.15 Å². The number of nitrogens with zero attached hydrogens (tertiary/aromatic N) is 3. The van der Waals surface area contributed by atoms with Crippen LogP contribution in [0.2, 0.25) is 0 Å². The van der Waals surface area contributed by atoms with Gasteiger partial charge in [-0.2, -0.15) is 0 Å². The SMILES string of the molecule is Cc1ccc(N)cc1-c1nccc(-c2ccccn2)n1.N. The minimum Gasteiger partial charge on any atom is -0.399 e. The summed E-state index contributed by atoms with van der Waals surface area (Å²) < 4.78 is 0. The van der Waals surface area contributed by atoms with Gasteiger partial charge < -0.3 is 11.9 Å². The zero-order valence-corrected chi connectivity index (χ0v) is 11.8. The lowest BCUT2D eigenvalue weighted by molar-refractivity contribution is 1.15. The first-order valence-corrected chi connectivity index (χ1v) is 6.35. The highest BCUT2D eigenvalue weighted by atomic mass is 14.9. The predicted octanol–water partition coefficient (Wildman–Crippen LogP) is 3.26. The Kier molecular flexibility index (Phi) is 4.25. The second-order valence-electron chi connectivity index (χ2n) is 4.55. The number of benzene rings is 1. The number of nitrogens with two attached hydrogens (primary N) is 1. The highest BCUT2D eigenvalue weighted by molar-refractivity contribution is 5.67. The lowest BCUT2D eigenvalue weighted by atomic mass is 10.1. The molecule has 0 aliphatic heterocycles. The molecule has 0 saturated heterocycles. The van der Waals surface area contributed by atoms with Crippen LogP contribution in [-0.4, -0.2) is 15.0 Å². The van der Waals surface area contributed by atoms with Gasteiger partial charge in [-0.15, -0.1) is 0 Å². The molecule has 5 heteroatoms. The quantitative estimate of drug-likeness (QED) is 0.701. The second kappa shape index (κ2) is 6.11. The second-order valence-corrected chi connectivity index (χ2v) is 4.55. The molecule has 0 unspecified atom stereocenters. The number of aromatic nitrogens is 3. The van der Waals surface area contributed by atoms with Crippen LogP contribution in [-0.2, 0) is 0 Å². The van der Waals surface area contributed by atoms with Crippen molar-refractivity contribution >= 4 is 5.69 Å². The Morgan fingerprint density at radius 1 is 0.905 bits per heavy atom. The van der Waals surface area contributed by atoms with Gasteiger partial charge in [0, 0.05) is 23.6 Å². The fourth-order valence-electron chi connectivity index (χ4n) is 2.03. The molecule has 0 radical (unpaired) electrons. The molecule has 106 valence electrons. The lowest BCUT2D eigenvalue weighted by Gasteiger charge is -2.07. The average Bonchev–Trinajstić information content (AvgIpc) is 2.51. The van der Waals surface area contributed by atoms with E-state index in [0.717, 1.165) is 22.5 Å². The molecule has 3 rings (SSSR count). The van der Waals surface area contributed by atoms with Gasteiger partial charge in [0.2, 0.25) is 0 Å². The summed E-state index contributed by atoms with van der Waals surface area (Å²) in [5.74, 6) is 0.665. The number of nitrogen functional groups attached to an aromatic ring is 1. The van der Waals surface area contributed by atoms with Crippen LogP contribution in [0.25, 0.3) is 22.8 Å². The van der Waals surface area contributed by atoms with Gasteiger partial charge >= 0.3 is 0 Å². The van der Waals surface area contributed by atoms with Crippen molar-refractivity contribution in [3.63, 3.8) is 0 Å². The van der Waals surface area contributed by atoms with Gasteiger partial charge in [-0.1, -0.05) is 12.1 Å². The van der Waals surface area contributed by atoms with Crippen LogP contribution in [0.3, 0.4) is 0 Å². The van der Waals surface area contributed by atoms with Crippen molar-refractivity contribution < 1.29 is 0 Å². The van der Waals surface area contributed by atoms with Crippen LogP contribution in [0.5, 0.6) is 0 Å². The van der Waals surface area contributed by atoms with Crippen LogP contribution >= 0.6 is 0 Å². The molecule has 0 aliphatic rings. The molecule has 0 saturated carbocycles. The van der Waals surface area contributed by atoms with E-state index in [9.17, 15) is 0 Å². The minimum atomic E-state index is 0. The van der Waals surface area contributed by atoms with Gasteiger partial charge in [-0.05, 0) is 42.8 Å². The van der Waals surface area contributed by atoms with E-state index >= 15 is 0 Å². The van der Waals surface area contributed by atoms with Crippen LogP contribution in [0, 0.1) is 6.92 Å². The third-order valence-corrected chi connectivity index (χ3v) is 3.09. The summed E-state index contributed by atoms with van der Waals surface area (Å²) in [4.78, 5) is 13.2. The molecule has 5 N–H and O–H groups in total. The lowest BCUT2D eigenvalue weighted by Crippen LogP contribution is -1.96. The number of hydrogen-bond acceptors (Lipinski definition) is 5. The zero-order valence-electron chi connectivity index (χ0n) is 11.8. The van der Waals surface area contributed by atoms with Gasteiger partial charge in [0.1, 0.15) is 0 Å². The number of pyridine rings is 1. The monoisotopic (exact) mass is 279 g/mol. The third kappa shape index (κ3) is 3.04. The topological polar surface area (TPSA) is 99.7 Å². The predicted molar refractivity (Wildman–Crippen MR) is 84.9 cm³/mol. The maximum Gasteiger partial charge on any atom is 0.160 e. The van der Waals surface area contributed by atoms with E-state index in [1.807, 2.05) is 49.4 Å². The molecule has 0 atom stereocenters. The third-order valence-electron chi connectivity index (χ3n) is 3.09. The van der Waals surface area contributed by atoms with Gasteiger partial charge in [-0.25, -0.2) is 9.97 Å². The Morgan fingerprint density at radius 2 is 1.76 bits per heavy atom. The maximum absolute atomic E-state index is 5.85. The van der Waals surface area contributed by atoms with Gasteiger partial charge in [0.25, 0.3) is 0 Å². The highest BCUT2D eigenvalue weighted by Crippen LogP contribution is 2.24. The molecule has 0 fully saturated rings. The molecule has 2 heterocycles. The Labute approximate surface area is 123 Å². The first-order chi connectivity index (χ1) is 9.74. The van der Waals surface area contributed by atoms with Crippen molar-refractivity contribution in [3.8, 4) is 22.8 Å². The summed E-state index contributed by atoms with van der Waals surface area (Å²) in [6, 6.07) is 13.4. The average molecular weight is 279 g/mol. The zero-order chi connectivity index (χ0) is 13.9. The van der Waals surface area contributed by atoms with Gasteiger partial charge in [0.15, 0.2) is 5.82 Å². The van der Waals surface area contributed by atoms with E-state index in [2.05, 4.69) is 15.0 Å². The Bertz CT molecular complexity index is 741. The van der Waals surface area contributed by atoms with Gasteiger partial charge in [-0.3, -0.25) is 4.98 Å². The van der Waals surface area contributed by atoms with Crippen molar-refractivity contribution in [2.45, 2.75) is 6.92 Å². The number of anilines is 1. The molecule has 0 spiro atoms. The number of aryl methyl sites for hydroxylation is 1. The maximum atomic E-state index is 5.85. The molecule has 0 amide bonds. The molecule has 21 heavy (non-hydrogen) atoms. The van der Waals surface area contributed by atoms with Crippen molar-refractivity contribution in [2.24, 2.45) is 0 Å². The number of hydrogen-bond donors (Lipinski definition) is 2. The first kappa shape index (κ1) is 14.6. The molecular formula is C16H17N5. The highest BCUT2D eigenvalue weighted by Gasteiger charge is 2.08. The fourth-order valence-corrected chi connectivity index (χ4v) is 2.03. The summed E-state index contributed by atoms with van der Waals surface area (Å²) in [6.45, 7) is 2.02. The fraction of sp³-hybridized carbons (Fsp3) is 0.0625. The van der Waals surface area contributed by atoms with Crippen LogP contribution in [0.4, 0.5) is 5.69 Å². The molecule has 2 aromatic heterocycles. The number of rotatable bonds is 2.